The second kappa shape index (κ2) is 7.34. The van der Waals surface area contributed by atoms with Gasteiger partial charge in [0.15, 0.2) is 0 Å². The summed E-state index contributed by atoms with van der Waals surface area (Å²) in [7, 11) is 1.75. The molecule has 2 atom stereocenters. The highest BCUT2D eigenvalue weighted by Gasteiger charge is 2.24. The summed E-state index contributed by atoms with van der Waals surface area (Å²) in [6, 6.07) is 0.291. The zero-order valence-corrected chi connectivity index (χ0v) is 11.7. The van der Waals surface area contributed by atoms with Gasteiger partial charge in [0.2, 0.25) is 0 Å². The summed E-state index contributed by atoms with van der Waals surface area (Å²) >= 11 is 0. The van der Waals surface area contributed by atoms with E-state index in [1.807, 2.05) is 0 Å². The molecule has 0 aromatic rings. The fourth-order valence-corrected chi connectivity index (χ4v) is 2.40. The van der Waals surface area contributed by atoms with Crippen molar-refractivity contribution in [3.63, 3.8) is 0 Å². The van der Waals surface area contributed by atoms with Crippen molar-refractivity contribution < 1.29 is 9.84 Å². The fraction of sp³-hybridized carbons (Fsp3) is 1.00. The summed E-state index contributed by atoms with van der Waals surface area (Å²) in [5, 5.41) is 13.6. The van der Waals surface area contributed by atoms with Gasteiger partial charge in [-0.05, 0) is 24.7 Å². The van der Waals surface area contributed by atoms with Gasteiger partial charge in [-0.15, -0.1) is 0 Å². The molecule has 0 spiro atoms. The number of rotatable bonds is 6. The number of ether oxygens (including phenoxy) is 1. The quantitative estimate of drug-likeness (QED) is 0.704. The van der Waals surface area contributed by atoms with Crippen molar-refractivity contribution in [1.82, 2.24) is 5.32 Å². The number of aliphatic hydroxyl groups excluding tert-OH is 1. The summed E-state index contributed by atoms with van der Waals surface area (Å²) < 4.78 is 5.13. The first-order valence-corrected chi connectivity index (χ1v) is 6.95. The summed E-state index contributed by atoms with van der Waals surface area (Å²) in [6.07, 6.45) is 6.65. The Balaban J connectivity index is 2.31. The van der Waals surface area contributed by atoms with E-state index in [2.05, 4.69) is 19.2 Å². The Morgan fingerprint density at radius 2 is 1.94 bits per heavy atom. The van der Waals surface area contributed by atoms with Gasteiger partial charge in [0.1, 0.15) is 0 Å². The van der Waals surface area contributed by atoms with Crippen LogP contribution in [0.15, 0.2) is 0 Å². The van der Waals surface area contributed by atoms with Crippen LogP contribution in [0.3, 0.4) is 0 Å². The number of aliphatic hydroxyl groups is 1. The highest BCUT2D eigenvalue weighted by atomic mass is 16.5. The molecule has 0 aromatic carbocycles. The molecule has 2 N–H and O–H groups in total. The van der Waals surface area contributed by atoms with Crippen molar-refractivity contribution >= 4 is 0 Å². The van der Waals surface area contributed by atoms with Crippen LogP contribution in [0, 0.1) is 5.41 Å². The van der Waals surface area contributed by atoms with Crippen molar-refractivity contribution in [1.29, 1.82) is 0 Å². The molecule has 0 radical (unpaired) electrons. The minimum Gasteiger partial charge on any atom is -0.392 e. The van der Waals surface area contributed by atoms with Gasteiger partial charge in [-0.25, -0.2) is 0 Å². The molecular weight excluding hydrogens is 214 g/mol. The highest BCUT2D eigenvalue weighted by molar-refractivity contribution is 4.82. The molecule has 1 saturated carbocycles. The second-order valence-corrected chi connectivity index (χ2v) is 6.10. The van der Waals surface area contributed by atoms with Gasteiger partial charge in [0.05, 0.1) is 6.10 Å². The van der Waals surface area contributed by atoms with Crippen molar-refractivity contribution in [2.75, 3.05) is 20.3 Å². The summed E-state index contributed by atoms with van der Waals surface area (Å²) in [5.41, 5.74) is 0.238. The standard InChI is InChI=1S/C14H29NO2/c1-14(2,9-10-17-3)11-15-12-7-5-4-6-8-13(12)16/h12-13,15-16H,4-11H2,1-3H3. The van der Waals surface area contributed by atoms with E-state index in [9.17, 15) is 5.11 Å². The third kappa shape index (κ3) is 5.84. The van der Waals surface area contributed by atoms with Gasteiger partial charge in [-0.1, -0.05) is 33.1 Å². The van der Waals surface area contributed by atoms with Gasteiger partial charge in [0.25, 0.3) is 0 Å². The average Bonchev–Trinajstić information content (AvgIpc) is 2.49. The molecule has 1 aliphatic rings. The third-order valence-electron chi connectivity index (χ3n) is 3.81. The molecule has 0 aromatic heterocycles. The van der Waals surface area contributed by atoms with Crippen LogP contribution in [0.2, 0.25) is 0 Å². The summed E-state index contributed by atoms with van der Waals surface area (Å²) in [6.45, 7) is 6.27. The monoisotopic (exact) mass is 243 g/mol. The smallest absolute Gasteiger partial charge is 0.0693 e. The molecule has 0 aliphatic heterocycles. The van der Waals surface area contributed by atoms with E-state index >= 15 is 0 Å². The Morgan fingerprint density at radius 3 is 2.65 bits per heavy atom. The number of methoxy groups -OCH3 is 1. The van der Waals surface area contributed by atoms with Crippen LogP contribution in [-0.4, -0.2) is 37.5 Å². The van der Waals surface area contributed by atoms with Crippen molar-refractivity contribution in [2.24, 2.45) is 5.41 Å². The summed E-state index contributed by atoms with van der Waals surface area (Å²) in [4.78, 5) is 0. The SMILES string of the molecule is COCCC(C)(C)CNC1CCCCCC1O. The van der Waals surface area contributed by atoms with Gasteiger partial charge in [-0.2, -0.15) is 0 Å². The minimum absolute atomic E-state index is 0.157. The number of hydrogen-bond acceptors (Lipinski definition) is 3. The minimum atomic E-state index is -0.157. The predicted molar refractivity (Wildman–Crippen MR) is 71.2 cm³/mol. The van der Waals surface area contributed by atoms with E-state index in [0.717, 1.165) is 32.4 Å². The highest BCUT2D eigenvalue weighted by Crippen LogP contribution is 2.22. The Hall–Kier alpha value is -0.120. The zero-order valence-electron chi connectivity index (χ0n) is 11.7. The predicted octanol–water partition coefficient (Wildman–Crippen LogP) is 2.33. The number of hydrogen-bond donors (Lipinski definition) is 2. The fourth-order valence-electron chi connectivity index (χ4n) is 2.40. The lowest BCUT2D eigenvalue weighted by molar-refractivity contribution is 0.106. The lowest BCUT2D eigenvalue weighted by atomic mass is 9.89. The molecule has 0 bridgehead atoms. The molecule has 2 unspecified atom stereocenters. The first-order chi connectivity index (χ1) is 8.05. The van der Waals surface area contributed by atoms with Gasteiger partial charge in [0, 0.05) is 26.3 Å². The normalized spacial score (nSPS) is 26.8. The van der Waals surface area contributed by atoms with E-state index in [-0.39, 0.29) is 11.5 Å². The Bertz CT molecular complexity index is 206. The molecule has 3 heteroatoms. The number of nitrogens with one attached hydrogen (secondary N) is 1. The van der Waals surface area contributed by atoms with Crippen LogP contribution < -0.4 is 5.32 Å². The maximum Gasteiger partial charge on any atom is 0.0693 e. The van der Waals surface area contributed by atoms with Gasteiger partial charge in [-0.3, -0.25) is 0 Å². The van der Waals surface area contributed by atoms with E-state index in [0.29, 0.717) is 6.04 Å². The van der Waals surface area contributed by atoms with E-state index < -0.39 is 0 Å². The molecule has 1 rings (SSSR count). The van der Waals surface area contributed by atoms with Crippen molar-refractivity contribution in [3.8, 4) is 0 Å². The second-order valence-electron chi connectivity index (χ2n) is 6.10. The molecule has 17 heavy (non-hydrogen) atoms. The molecule has 1 aliphatic carbocycles. The lowest BCUT2D eigenvalue weighted by Crippen LogP contribution is -2.43. The van der Waals surface area contributed by atoms with E-state index in [4.69, 9.17) is 4.74 Å². The first-order valence-electron chi connectivity index (χ1n) is 6.95. The lowest BCUT2D eigenvalue weighted by Gasteiger charge is -2.29. The topological polar surface area (TPSA) is 41.5 Å². The molecule has 102 valence electrons. The maximum absolute atomic E-state index is 10.0. The summed E-state index contributed by atoms with van der Waals surface area (Å²) in [5.74, 6) is 0. The van der Waals surface area contributed by atoms with Crippen molar-refractivity contribution in [3.05, 3.63) is 0 Å². The van der Waals surface area contributed by atoms with Gasteiger partial charge >= 0.3 is 0 Å². The van der Waals surface area contributed by atoms with E-state index in [1.54, 1.807) is 7.11 Å². The molecule has 0 amide bonds. The Morgan fingerprint density at radius 1 is 1.24 bits per heavy atom. The molecule has 0 saturated heterocycles. The van der Waals surface area contributed by atoms with Crippen LogP contribution in [-0.2, 0) is 4.74 Å². The van der Waals surface area contributed by atoms with E-state index in [1.165, 1.54) is 19.3 Å². The van der Waals surface area contributed by atoms with Crippen molar-refractivity contribution in [2.45, 2.75) is 64.5 Å². The largest absolute Gasteiger partial charge is 0.392 e. The molecule has 3 nitrogen and oxygen atoms in total. The Labute approximate surface area is 106 Å². The first kappa shape index (κ1) is 14.9. The van der Waals surface area contributed by atoms with Crippen LogP contribution in [0.25, 0.3) is 0 Å². The molecule has 0 heterocycles. The van der Waals surface area contributed by atoms with Crippen LogP contribution in [0.4, 0.5) is 0 Å². The zero-order chi connectivity index (χ0) is 12.7. The van der Waals surface area contributed by atoms with Crippen LogP contribution in [0.1, 0.15) is 52.4 Å². The molecule has 1 fully saturated rings. The molecular formula is C14H29NO2. The van der Waals surface area contributed by atoms with Crippen LogP contribution >= 0.6 is 0 Å². The maximum atomic E-state index is 10.0. The van der Waals surface area contributed by atoms with Gasteiger partial charge < -0.3 is 15.2 Å². The van der Waals surface area contributed by atoms with Crippen LogP contribution in [0.5, 0.6) is 0 Å². The third-order valence-corrected chi connectivity index (χ3v) is 3.81. The Kier molecular flexibility index (Phi) is 6.45. The average molecular weight is 243 g/mol.